The highest BCUT2D eigenvalue weighted by Gasteiger charge is 2.17. The average Bonchev–Trinajstić information content (AvgIpc) is 2.85. The van der Waals surface area contributed by atoms with Gasteiger partial charge in [0.2, 0.25) is 0 Å². The van der Waals surface area contributed by atoms with Crippen LogP contribution in [0.15, 0.2) is 23.3 Å². The van der Waals surface area contributed by atoms with Gasteiger partial charge in [-0.25, -0.2) is 9.98 Å². The second-order valence-corrected chi connectivity index (χ2v) is 8.55. The number of hydrogen-bond donors (Lipinski definition) is 2. The maximum absolute atomic E-state index is 5.86. The second-order valence-electron chi connectivity index (χ2n) is 8.55. The van der Waals surface area contributed by atoms with Crippen LogP contribution in [0.2, 0.25) is 0 Å². The van der Waals surface area contributed by atoms with Gasteiger partial charge in [0.05, 0.1) is 6.54 Å². The number of piperazine rings is 1. The van der Waals surface area contributed by atoms with Crippen molar-refractivity contribution >= 4 is 11.8 Å². The van der Waals surface area contributed by atoms with E-state index in [4.69, 9.17) is 14.5 Å². The van der Waals surface area contributed by atoms with Crippen LogP contribution >= 0.6 is 0 Å². The van der Waals surface area contributed by atoms with Crippen molar-refractivity contribution in [1.82, 2.24) is 20.5 Å². The Morgan fingerprint density at radius 1 is 1.19 bits per heavy atom. The van der Waals surface area contributed by atoms with E-state index in [1.807, 2.05) is 6.20 Å². The molecule has 2 fully saturated rings. The lowest BCUT2D eigenvalue weighted by Gasteiger charge is -2.34. The Morgan fingerprint density at radius 2 is 2.00 bits per heavy atom. The van der Waals surface area contributed by atoms with Crippen LogP contribution in [0.3, 0.4) is 0 Å². The van der Waals surface area contributed by atoms with Crippen molar-refractivity contribution in [3.05, 3.63) is 23.9 Å². The summed E-state index contributed by atoms with van der Waals surface area (Å²) in [7, 11) is 0. The summed E-state index contributed by atoms with van der Waals surface area (Å²) in [4.78, 5) is 14.2. The van der Waals surface area contributed by atoms with Gasteiger partial charge < -0.3 is 29.9 Å². The molecule has 1 aromatic heterocycles. The first-order valence-corrected chi connectivity index (χ1v) is 12.4. The van der Waals surface area contributed by atoms with Crippen molar-refractivity contribution in [2.45, 2.75) is 39.7 Å². The molecule has 0 bridgehead atoms. The Bertz CT molecular complexity index is 672. The van der Waals surface area contributed by atoms with Gasteiger partial charge in [-0.15, -0.1) is 0 Å². The minimum absolute atomic E-state index is 0.639. The first-order chi connectivity index (χ1) is 15.8. The summed E-state index contributed by atoms with van der Waals surface area (Å²) in [5.74, 6) is 2.58. The maximum atomic E-state index is 5.86. The first-order valence-electron chi connectivity index (χ1n) is 12.4. The number of nitrogens with zero attached hydrogens (tertiary/aromatic N) is 4. The number of nitrogens with one attached hydrogen (secondary N) is 2. The number of guanidine groups is 1. The quantitative estimate of drug-likeness (QED) is 0.306. The van der Waals surface area contributed by atoms with Gasteiger partial charge in [-0.3, -0.25) is 0 Å². The summed E-state index contributed by atoms with van der Waals surface area (Å²) < 4.78 is 11.3. The Morgan fingerprint density at radius 3 is 2.75 bits per heavy atom. The Kier molecular flexibility index (Phi) is 11.0. The molecule has 8 nitrogen and oxygen atoms in total. The van der Waals surface area contributed by atoms with Crippen LogP contribution in [0.1, 0.15) is 38.7 Å². The molecule has 0 radical (unpaired) electrons. The Balaban J connectivity index is 1.39. The average molecular weight is 447 g/mol. The van der Waals surface area contributed by atoms with Crippen molar-refractivity contribution in [2.24, 2.45) is 10.9 Å². The fraction of sp³-hybridized carbons (Fsp3) is 0.750. The maximum Gasteiger partial charge on any atom is 0.191 e. The summed E-state index contributed by atoms with van der Waals surface area (Å²) in [6.07, 6.45) is 5.13. The van der Waals surface area contributed by atoms with Crippen molar-refractivity contribution in [2.75, 3.05) is 77.1 Å². The highest BCUT2D eigenvalue weighted by molar-refractivity contribution is 5.79. The zero-order valence-electron chi connectivity index (χ0n) is 20.0. The highest BCUT2D eigenvalue weighted by Crippen LogP contribution is 2.16. The molecule has 2 aliphatic rings. The molecule has 0 aromatic carbocycles. The monoisotopic (exact) mass is 446 g/mol. The van der Waals surface area contributed by atoms with E-state index in [0.29, 0.717) is 12.5 Å². The van der Waals surface area contributed by atoms with Crippen LogP contribution in [0.4, 0.5) is 5.82 Å². The van der Waals surface area contributed by atoms with Gasteiger partial charge in [0.1, 0.15) is 5.82 Å². The molecule has 2 saturated heterocycles. The topological polar surface area (TPSA) is 74.3 Å². The molecular formula is C24H42N6O2. The molecule has 3 heterocycles. The molecule has 0 aliphatic carbocycles. The number of hydrogen-bond acceptors (Lipinski definition) is 6. The number of anilines is 1. The molecule has 32 heavy (non-hydrogen) atoms. The Labute approximate surface area is 193 Å². The van der Waals surface area contributed by atoms with Gasteiger partial charge in [0.15, 0.2) is 5.96 Å². The SMILES string of the molecule is CCNC(=NCc1ccnc(N2CCN(CC)CC2)c1)NCCCOCC1CCOCC1. The third-order valence-electron chi connectivity index (χ3n) is 6.17. The lowest BCUT2D eigenvalue weighted by Crippen LogP contribution is -2.46. The third kappa shape index (κ3) is 8.56. The van der Waals surface area contributed by atoms with Gasteiger partial charge in [-0.1, -0.05) is 6.92 Å². The van der Waals surface area contributed by atoms with Gasteiger partial charge in [0, 0.05) is 71.9 Å². The molecular weight excluding hydrogens is 404 g/mol. The molecule has 0 saturated carbocycles. The van der Waals surface area contributed by atoms with Gasteiger partial charge >= 0.3 is 0 Å². The van der Waals surface area contributed by atoms with E-state index in [1.165, 1.54) is 5.56 Å². The van der Waals surface area contributed by atoms with E-state index >= 15 is 0 Å². The normalized spacial score (nSPS) is 18.7. The van der Waals surface area contributed by atoms with Crippen molar-refractivity contribution in [1.29, 1.82) is 0 Å². The summed E-state index contributed by atoms with van der Waals surface area (Å²) in [5.41, 5.74) is 1.19. The lowest BCUT2D eigenvalue weighted by molar-refractivity contribution is 0.0203. The van der Waals surface area contributed by atoms with Crippen LogP contribution in [0, 0.1) is 5.92 Å². The second kappa shape index (κ2) is 14.3. The standard InChI is InChI=1S/C24H42N6O2/c1-3-25-24(27-9-5-15-32-20-21-7-16-31-17-8-21)28-19-22-6-10-26-23(18-22)30-13-11-29(4-2)12-14-30/h6,10,18,21H,3-5,7-9,11-17,19-20H2,1-2H3,(H2,25,27,28). The fourth-order valence-corrected chi connectivity index (χ4v) is 4.08. The van der Waals surface area contributed by atoms with Crippen molar-refractivity contribution < 1.29 is 9.47 Å². The summed E-state index contributed by atoms with van der Waals surface area (Å²) in [6.45, 7) is 15.5. The Hall–Kier alpha value is -1.90. The van der Waals surface area contributed by atoms with E-state index in [2.05, 4.69) is 51.4 Å². The number of aliphatic imine (C=N–C) groups is 1. The largest absolute Gasteiger partial charge is 0.381 e. The molecule has 1 aromatic rings. The van der Waals surface area contributed by atoms with E-state index in [0.717, 1.165) is 103 Å². The van der Waals surface area contributed by atoms with E-state index in [9.17, 15) is 0 Å². The zero-order chi connectivity index (χ0) is 22.4. The van der Waals surface area contributed by atoms with E-state index in [1.54, 1.807) is 0 Å². The molecule has 0 spiro atoms. The van der Waals surface area contributed by atoms with Gasteiger partial charge in [-0.05, 0) is 56.3 Å². The van der Waals surface area contributed by atoms with Gasteiger partial charge in [0.25, 0.3) is 0 Å². The van der Waals surface area contributed by atoms with Crippen LogP contribution < -0.4 is 15.5 Å². The fourth-order valence-electron chi connectivity index (χ4n) is 4.08. The van der Waals surface area contributed by atoms with Crippen LogP contribution in [0.5, 0.6) is 0 Å². The number of pyridine rings is 1. The molecule has 180 valence electrons. The molecule has 2 aliphatic heterocycles. The van der Waals surface area contributed by atoms with Crippen LogP contribution in [-0.4, -0.2) is 88.1 Å². The van der Waals surface area contributed by atoms with Crippen LogP contribution in [0.25, 0.3) is 0 Å². The zero-order valence-corrected chi connectivity index (χ0v) is 20.0. The number of ether oxygens (including phenoxy) is 2. The summed E-state index contributed by atoms with van der Waals surface area (Å²) in [5, 5.41) is 6.76. The number of rotatable bonds is 11. The molecule has 0 amide bonds. The molecule has 0 unspecified atom stereocenters. The van der Waals surface area contributed by atoms with Crippen LogP contribution in [-0.2, 0) is 16.0 Å². The molecule has 2 N–H and O–H groups in total. The third-order valence-corrected chi connectivity index (χ3v) is 6.17. The summed E-state index contributed by atoms with van der Waals surface area (Å²) in [6, 6.07) is 4.24. The predicted molar refractivity (Wildman–Crippen MR) is 130 cm³/mol. The smallest absolute Gasteiger partial charge is 0.191 e. The van der Waals surface area contributed by atoms with E-state index in [-0.39, 0.29) is 0 Å². The summed E-state index contributed by atoms with van der Waals surface area (Å²) >= 11 is 0. The molecule has 3 rings (SSSR count). The molecule has 0 atom stereocenters. The highest BCUT2D eigenvalue weighted by atomic mass is 16.5. The number of aromatic nitrogens is 1. The minimum atomic E-state index is 0.639. The molecule has 8 heteroatoms. The predicted octanol–water partition coefficient (Wildman–Crippen LogP) is 2.11. The van der Waals surface area contributed by atoms with E-state index < -0.39 is 0 Å². The minimum Gasteiger partial charge on any atom is -0.381 e. The lowest BCUT2D eigenvalue weighted by atomic mass is 10.0. The number of likely N-dealkylation sites (N-methyl/N-ethyl adjacent to an activating group) is 1. The first kappa shape index (κ1) is 24.7. The van der Waals surface area contributed by atoms with Crippen molar-refractivity contribution in [3.8, 4) is 0 Å². The van der Waals surface area contributed by atoms with Gasteiger partial charge in [-0.2, -0.15) is 0 Å². The van der Waals surface area contributed by atoms with Crippen molar-refractivity contribution in [3.63, 3.8) is 0 Å².